The number of nitrogens with zero attached hydrogens (tertiary/aromatic N) is 1. The van der Waals surface area contributed by atoms with Crippen LogP contribution in [0, 0.1) is 0 Å². The number of hydrogen-bond donors (Lipinski definition) is 1. The van der Waals surface area contributed by atoms with E-state index in [0.29, 0.717) is 0 Å². The van der Waals surface area contributed by atoms with Gasteiger partial charge in [0, 0.05) is 5.69 Å². The van der Waals surface area contributed by atoms with Crippen molar-refractivity contribution in [1.82, 2.24) is 0 Å². The summed E-state index contributed by atoms with van der Waals surface area (Å²) in [7, 11) is 0. The molecule has 0 unspecified atom stereocenters. The van der Waals surface area contributed by atoms with E-state index in [9.17, 15) is 0 Å². The van der Waals surface area contributed by atoms with E-state index in [1.165, 1.54) is 17.1 Å². The number of anilines is 5. The van der Waals surface area contributed by atoms with Gasteiger partial charge in [-0.2, -0.15) is 0 Å². The third kappa shape index (κ3) is 1.66. The number of nitrogens with one attached hydrogen (secondary N) is 1. The largest absolute Gasteiger partial charge is 0.352 e. The maximum absolute atomic E-state index is 3.50. The van der Waals surface area contributed by atoms with Crippen LogP contribution < -0.4 is 10.2 Å². The summed E-state index contributed by atoms with van der Waals surface area (Å²) in [6.07, 6.45) is 0. The van der Waals surface area contributed by atoms with Crippen LogP contribution >= 0.6 is 0 Å². The van der Waals surface area contributed by atoms with Gasteiger partial charge in [0.25, 0.3) is 0 Å². The molecule has 0 radical (unpaired) electrons. The summed E-state index contributed by atoms with van der Waals surface area (Å²) in [5, 5.41) is 3.50. The van der Waals surface area contributed by atoms with Crippen LogP contribution in [0.3, 0.4) is 0 Å². The van der Waals surface area contributed by atoms with Crippen LogP contribution in [0.25, 0.3) is 0 Å². The first-order chi connectivity index (χ1) is 9.93. The van der Waals surface area contributed by atoms with Crippen molar-refractivity contribution in [3.8, 4) is 0 Å². The summed E-state index contributed by atoms with van der Waals surface area (Å²) in [5.41, 5.74) is 5.80. The average molecular weight is 258 g/mol. The topological polar surface area (TPSA) is 15.3 Å². The molecule has 0 atom stereocenters. The smallest absolute Gasteiger partial charge is 0.0697 e. The van der Waals surface area contributed by atoms with Gasteiger partial charge in [-0.1, -0.05) is 42.5 Å². The molecule has 3 aromatic rings. The predicted octanol–water partition coefficient (Wildman–Crippen LogP) is 5.21. The van der Waals surface area contributed by atoms with Crippen molar-refractivity contribution in [2.75, 3.05) is 10.2 Å². The standard InChI is InChI=1S/C18H14N2/c1-2-8-14(9-3-1)20-17-12-6-4-10-15(17)19-16-11-5-7-13-18(16)20/h1-13,19H. The van der Waals surface area contributed by atoms with Gasteiger partial charge in [-0.05, 0) is 36.4 Å². The van der Waals surface area contributed by atoms with E-state index in [4.69, 9.17) is 0 Å². The molecule has 4 rings (SSSR count). The number of para-hydroxylation sites is 5. The highest BCUT2D eigenvalue weighted by Crippen LogP contribution is 2.47. The zero-order valence-electron chi connectivity index (χ0n) is 11.0. The Bertz CT molecular complexity index is 705. The molecule has 2 nitrogen and oxygen atoms in total. The molecule has 20 heavy (non-hydrogen) atoms. The molecule has 2 heteroatoms. The molecule has 1 aliphatic heterocycles. The average Bonchev–Trinajstić information content (AvgIpc) is 2.53. The fraction of sp³-hybridized carbons (Fsp3) is 0. The van der Waals surface area contributed by atoms with Crippen molar-refractivity contribution in [2.24, 2.45) is 0 Å². The summed E-state index contributed by atoms with van der Waals surface area (Å²) in [4.78, 5) is 2.29. The van der Waals surface area contributed by atoms with E-state index in [1.54, 1.807) is 0 Å². The molecule has 0 spiro atoms. The minimum Gasteiger partial charge on any atom is -0.352 e. The fourth-order valence-corrected chi connectivity index (χ4v) is 2.68. The van der Waals surface area contributed by atoms with Crippen LogP contribution in [0.5, 0.6) is 0 Å². The first-order valence-corrected chi connectivity index (χ1v) is 6.74. The molecule has 0 fully saturated rings. The Morgan fingerprint density at radius 3 is 1.65 bits per heavy atom. The van der Waals surface area contributed by atoms with Crippen molar-refractivity contribution < 1.29 is 0 Å². The minimum absolute atomic E-state index is 1.13. The number of fused-ring (bicyclic) bond motifs is 2. The number of hydrogen-bond acceptors (Lipinski definition) is 2. The van der Waals surface area contributed by atoms with Crippen LogP contribution in [-0.4, -0.2) is 0 Å². The summed E-state index contributed by atoms with van der Waals surface area (Å²) >= 11 is 0. The number of rotatable bonds is 1. The molecule has 1 aliphatic rings. The maximum atomic E-state index is 3.50. The maximum Gasteiger partial charge on any atom is 0.0697 e. The van der Waals surface area contributed by atoms with Crippen molar-refractivity contribution >= 4 is 28.4 Å². The van der Waals surface area contributed by atoms with E-state index in [2.05, 4.69) is 83.0 Å². The molecule has 0 aliphatic carbocycles. The van der Waals surface area contributed by atoms with E-state index in [1.807, 2.05) is 6.07 Å². The van der Waals surface area contributed by atoms with Crippen LogP contribution in [0.4, 0.5) is 28.4 Å². The Kier molecular flexibility index (Phi) is 2.46. The van der Waals surface area contributed by atoms with Gasteiger partial charge in [0.05, 0.1) is 22.7 Å². The van der Waals surface area contributed by atoms with E-state index < -0.39 is 0 Å². The Labute approximate surface area is 118 Å². The monoisotopic (exact) mass is 258 g/mol. The van der Waals surface area contributed by atoms with Gasteiger partial charge in [-0.15, -0.1) is 0 Å². The third-order valence-corrected chi connectivity index (χ3v) is 3.57. The van der Waals surface area contributed by atoms with Crippen LogP contribution in [-0.2, 0) is 0 Å². The SMILES string of the molecule is c1ccc(N2c3ccccc3Nc3ccccc32)cc1. The highest BCUT2D eigenvalue weighted by Gasteiger charge is 2.22. The second-order valence-electron chi connectivity index (χ2n) is 4.83. The van der Waals surface area contributed by atoms with Crippen molar-refractivity contribution in [1.29, 1.82) is 0 Å². The lowest BCUT2D eigenvalue weighted by Crippen LogP contribution is -2.17. The normalized spacial score (nSPS) is 12.3. The highest BCUT2D eigenvalue weighted by molar-refractivity contribution is 5.96. The summed E-state index contributed by atoms with van der Waals surface area (Å²) < 4.78 is 0. The molecule has 0 saturated heterocycles. The molecule has 1 heterocycles. The second-order valence-corrected chi connectivity index (χ2v) is 4.83. The minimum atomic E-state index is 1.13. The van der Waals surface area contributed by atoms with Gasteiger partial charge in [-0.3, -0.25) is 0 Å². The highest BCUT2D eigenvalue weighted by atomic mass is 15.2. The Balaban J connectivity index is 1.98. The zero-order valence-corrected chi connectivity index (χ0v) is 11.0. The van der Waals surface area contributed by atoms with E-state index >= 15 is 0 Å². The molecule has 0 aromatic heterocycles. The van der Waals surface area contributed by atoms with Gasteiger partial charge in [0.15, 0.2) is 0 Å². The van der Waals surface area contributed by atoms with Gasteiger partial charge in [0.2, 0.25) is 0 Å². The molecule has 0 amide bonds. The number of benzene rings is 3. The second kappa shape index (κ2) is 4.42. The molecular formula is C18H14N2. The lowest BCUT2D eigenvalue weighted by Gasteiger charge is -2.33. The fourth-order valence-electron chi connectivity index (χ4n) is 2.68. The molecule has 96 valence electrons. The van der Waals surface area contributed by atoms with Crippen molar-refractivity contribution in [3.05, 3.63) is 78.9 Å². The zero-order chi connectivity index (χ0) is 13.4. The first-order valence-electron chi connectivity index (χ1n) is 6.74. The van der Waals surface area contributed by atoms with Gasteiger partial charge in [-0.25, -0.2) is 0 Å². The summed E-state index contributed by atoms with van der Waals surface area (Å²) in [6, 6.07) is 27.2. The van der Waals surface area contributed by atoms with Crippen molar-refractivity contribution in [2.45, 2.75) is 0 Å². The van der Waals surface area contributed by atoms with Gasteiger partial charge >= 0.3 is 0 Å². The molecule has 0 bridgehead atoms. The Hall–Kier alpha value is -2.74. The van der Waals surface area contributed by atoms with E-state index in [-0.39, 0.29) is 0 Å². The Morgan fingerprint density at radius 1 is 0.550 bits per heavy atom. The van der Waals surface area contributed by atoms with Crippen LogP contribution in [0.1, 0.15) is 0 Å². The van der Waals surface area contributed by atoms with Crippen LogP contribution in [0.15, 0.2) is 78.9 Å². The Morgan fingerprint density at radius 2 is 1.05 bits per heavy atom. The van der Waals surface area contributed by atoms with Gasteiger partial charge < -0.3 is 10.2 Å². The molecular weight excluding hydrogens is 244 g/mol. The van der Waals surface area contributed by atoms with Crippen molar-refractivity contribution in [3.63, 3.8) is 0 Å². The lowest BCUT2D eigenvalue weighted by atomic mass is 10.1. The third-order valence-electron chi connectivity index (χ3n) is 3.57. The molecule has 0 saturated carbocycles. The van der Waals surface area contributed by atoms with Gasteiger partial charge in [0.1, 0.15) is 0 Å². The summed E-state index contributed by atoms with van der Waals surface area (Å²) in [6.45, 7) is 0. The predicted molar refractivity (Wildman–Crippen MR) is 84.4 cm³/mol. The quantitative estimate of drug-likeness (QED) is 0.504. The lowest BCUT2D eigenvalue weighted by molar-refractivity contribution is 1.25. The van der Waals surface area contributed by atoms with Crippen LogP contribution in [0.2, 0.25) is 0 Å². The molecule has 1 N–H and O–H groups in total. The summed E-state index contributed by atoms with van der Waals surface area (Å²) in [5.74, 6) is 0. The van der Waals surface area contributed by atoms with E-state index in [0.717, 1.165) is 11.4 Å². The molecule has 3 aromatic carbocycles. The first kappa shape index (κ1) is 11.1.